The van der Waals surface area contributed by atoms with Crippen molar-refractivity contribution in [1.82, 2.24) is 0 Å². The highest BCUT2D eigenvalue weighted by atomic mass is 35.5. The number of hydrogen-bond donors (Lipinski definition) is 1. The second-order valence-corrected chi connectivity index (χ2v) is 4.09. The van der Waals surface area contributed by atoms with Crippen LogP contribution < -0.4 is 4.74 Å². The zero-order valence-corrected chi connectivity index (χ0v) is 11.5. The van der Waals surface area contributed by atoms with Crippen molar-refractivity contribution in [3.63, 3.8) is 0 Å². The molecule has 18 heavy (non-hydrogen) atoms. The topological polar surface area (TPSA) is 33.0 Å². The van der Waals surface area contributed by atoms with E-state index in [9.17, 15) is 0 Å². The molecule has 2 nitrogen and oxygen atoms in total. The first-order chi connectivity index (χ1) is 8.22. The van der Waals surface area contributed by atoms with Crippen LogP contribution >= 0.6 is 25.0 Å². The molecule has 0 bridgehead atoms. The maximum Gasteiger partial charge on any atom is 0.145 e. The summed E-state index contributed by atoms with van der Waals surface area (Å²) in [7, 11) is 0. The van der Waals surface area contributed by atoms with Crippen LogP contribution in [0.2, 0.25) is 0 Å². The van der Waals surface area contributed by atoms with Crippen molar-refractivity contribution in [1.29, 1.82) is 5.26 Å². The number of nitrogens with zero attached hydrogens (tertiary/aromatic N) is 1. The van der Waals surface area contributed by atoms with Gasteiger partial charge in [0.2, 0.25) is 0 Å². The highest BCUT2D eigenvalue weighted by Gasteiger charge is 2.06. The molecule has 0 spiro atoms. The number of rotatable bonds is 2. The molecule has 0 aromatic heterocycles. The van der Waals surface area contributed by atoms with Crippen LogP contribution in [-0.2, 0) is 0 Å². The largest absolute Gasteiger partial charge is 0.456 e. The molecule has 2 aromatic rings. The quantitative estimate of drug-likeness (QED) is 0.827. The Morgan fingerprint density at radius 1 is 1.06 bits per heavy atom. The molecule has 2 rings (SSSR count). The summed E-state index contributed by atoms with van der Waals surface area (Å²) in [5.74, 6) is 1.29. The number of para-hydroxylation sites is 1. The van der Waals surface area contributed by atoms with E-state index < -0.39 is 0 Å². The van der Waals surface area contributed by atoms with Crippen molar-refractivity contribution < 1.29 is 4.74 Å². The molecule has 0 N–H and O–H groups in total. The number of ether oxygens (including phenoxy) is 1. The van der Waals surface area contributed by atoms with Gasteiger partial charge in [0.1, 0.15) is 17.6 Å². The molecule has 0 atom stereocenters. The van der Waals surface area contributed by atoms with Crippen molar-refractivity contribution in [2.75, 3.05) is 0 Å². The first-order valence-electron chi connectivity index (χ1n) is 5.18. The molecule has 0 radical (unpaired) electrons. The van der Waals surface area contributed by atoms with Crippen LogP contribution in [0.3, 0.4) is 0 Å². The summed E-state index contributed by atoms with van der Waals surface area (Å²) in [5, 5.41) is 8.98. The summed E-state index contributed by atoms with van der Waals surface area (Å²) in [5.41, 5.74) is 1.49. The maximum absolute atomic E-state index is 8.98. The Kier molecular flexibility index (Phi) is 5.08. The fraction of sp³-hybridized carbons (Fsp3) is 0.0714. The Morgan fingerprint density at radius 2 is 1.72 bits per heavy atom. The highest BCUT2D eigenvalue weighted by Crippen LogP contribution is 2.30. The molecule has 0 unspecified atom stereocenters. The molecule has 0 heterocycles. The fourth-order valence-electron chi connectivity index (χ4n) is 1.48. The van der Waals surface area contributed by atoms with E-state index in [2.05, 4.69) is 18.7 Å². The molecule has 0 saturated carbocycles. The van der Waals surface area contributed by atoms with E-state index in [0.29, 0.717) is 11.3 Å². The van der Waals surface area contributed by atoms with E-state index in [1.54, 1.807) is 12.1 Å². The molecule has 0 aliphatic heterocycles. The third-order valence-electron chi connectivity index (χ3n) is 2.48. The van der Waals surface area contributed by atoms with E-state index >= 15 is 0 Å². The van der Waals surface area contributed by atoms with Crippen molar-refractivity contribution in [3.05, 3.63) is 53.6 Å². The van der Waals surface area contributed by atoms with Crippen LogP contribution in [0.5, 0.6) is 11.5 Å². The fourth-order valence-corrected chi connectivity index (χ4v) is 1.68. The number of benzene rings is 2. The number of hydrogen-bond acceptors (Lipinski definition) is 3. The van der Waals surface area contributed by atoms with Gasteiger partial charge in [-0.25, -0.2) is 0 Å². The van der Waals surface area contributed by atoms with Gasteiger partial charge in [-0.1, -0.05) is 18.2 Å². The van der Waals surface area contributed by atoms with E-state index in [1.165, 1.54) is 0 Å². The van der Waals surface area contributed by atoms with E-state index in [1.807, 2.05) is 37.3 Å². The second-order valence-electron chi connectivity index (χ2n) is 3.61. The Morgan fingerprint density at radius 3 is 2.44 bits per heavy atom. The molecular weight excluding hydrogens is 266 g/mol. The van der Waals surface area contributed by atoms with Gasteiger partial charge in [0.05, 0.1) is 5.56 Å². The Balaban J connectivity index is 0.00000162. The first kappa shape index (κ1) is 14.4. The van der Waals surface area contributed by atoms with Gasteiger partial charge in [-0.2, -0.15) is 5.26 Å². The minimum absolute atomic E-state index is 0. The van der Waals surface area contributed by atoms with E-state index in [-0.39, 0.29) is 12.4 Å². The highest BCUT2D eigenvalue weighted by molar-refractivity contribution is 7.80. The van der Waals surface area contributed by atoms with Crippen molar-refractivity contribution in [3.8, 4) is 17.6 Å². The van der Waals surface area contributed by atoms with Gasteiger partial charge in [-0.3, -0.25) is 0 Å². The van der Waals surface area contributed by atoms with Gasteiger partial charge in [0.25, 0.3) is 0 Å². The molecule has 0 saturated heterocycles. The molecule has 2 aromatic carbocycles. The summed E-state index contributed by atoms with van der Waals surface area (Å²) in [6.45, 7) is 1.94. The molecule has 0 amide bonds. The Bertz CT molecular complexity index is 593. The van der Waals surface area contributed by atoms with Crippen LogP contribution in [0.4, 0.5) is 0 Å². The van der Waals surface area contributed by atoms with E-state index in [0.717, 1.165) is 16.2 Å². The zero-order chi connectivity index (χ0) is 12.3. The normalized spacial score (nSPS) is 9.17. The second kappa shape index (κ2) is 6.34. The minimum Gasteiger partial charge on any atom is -0.456 e. The summed E-state index contributed by atoms with van der Waals surface area (Å²) in [6, 6.07) is 14.9. The minimum atomic E-state index is 0. The molecule has 4 heteroatoms. The van der Waals surface area contributed by atoms with Crippen LogP contribution in [0.1, 0.15) is 11.1 Å². The average molecular weight is 278 g/mol. The number of thiol groups is 1. The predicted molar refractivity (Wildman–Crippen MR) is 76.9 cm³/mol. The average Bonchev–Trinajstić information content (AvgIpc) is 2.35. The molecule has 0 aliphatic rings. The maximum atomic E-state index is 8.98. The van der Waals surface area contributed by atoms with Crippen LogP contribution in [0.25, 0.3) is 0 Å². The summed E-state index contributed by atoms with van der Waals surface area (Å²) in [6.07, 6.45) is 0. The van der Waals surface area contributed by atoms with Gasteiger partial charge in [0.15, 0.2) is 0 Å². The molecule has 0 fully saturated rings. The molecular formula is C14H12ClNOS. The standard InChI is InChI=1S/C14H11NOS.ClH/c1-10-12(7-4-8-14(10)17)16-13-6-3-2-5-11(13)9-15;/h2-8,17H,1H3;1H. The van der Waals surface area contributed by atoms with Gasteiger partial charge in [-0.15, -0.1) is 25.0 Å². The van der Waals surface area contributed by atoms with Crippen LogP contribution in [0, 0.1) is 18.3 Å². The van der Waals surface area contributed by atoms with Crippen molar-refractivity contribution in [2.24, 2.45) is 0 Å². The van der Waals surface area contributed by atoms with Crippen LogP contribution in [0.15, 0.2) is 47.4 Å². The monoisotopic (exact) mass is 277 g/mol. The van der Waals surface area contributed by atoms with Gasteiger partial charge < -0.3 is 4.74 Å². The van der Waals surface area contributed by atoms with Gasteiger partial charge in [-0.05, 0) is 31.2 Å². The summed E-state index contributed by atoms with van der Waals surface area (Å²) >= 11 is 4.34. The predicted octanol–water partition coefficient (Wildman–Crippen LogP) is 4.37. The summed E-state index contributed by atoms with van der Waals surface area (Å²) < 4.78 is 5.74. The lowest BCUT2D eigenvalue weighted by Crippen LogP contribution is -1.90. The Hall–Kier alpha value is -1.63. The number of nitriles is 1. The smallest absolute Gasteiger partial charge is 0.145 e. The first-order valence-corrected chi connectivity index (χ1v) is 5.62. The lowest BCUT2D eigenvalue weighted by Gasteiger charge is -2.10. The van der Waals surface area contributed by atoms with Crippen molar-refractivity contribution >= 4 is 25.0 Å². The zero-order valence-electron chi connectivity index (χ0n) is 9.75. The SMILES string of the molecule is Cc1c(S)cccc1Oc1ccccc1C#N.Cl. The summed E-state index contributed by atoms with van der Waals surface area (Å²) in [4.78, 5) is 0.872. The van der Waals surface area contributed by atoms with E-state index in [4.69, 9.17) is 10.00 Å². The molecule has 0 aliphatic carbocycles. The van der Waals surface area contributed by atoms with Crippen molar-refractivity contribution in [2.45, 2.75) is 11.8 Å². The van der Waals surface area contributed by atoms with Crippen LogP contribution in [-0.4, -0.2) is 0 Å². The third kappa shape index (κ3) is 2.98. The lowest BCUT2D eigenvalue weighted by atomic mass is 10.2. The lowest BCUT2D eigenvalue weighted by molar-refractivity contribution is 0.475. The Labute approximate surface area is 118 Å². The van der Waals surface area contributed by atoms with Gasteiger partial charge in [0, 0.05) is 10.5 Å². The number of halogens is 1. The van der Waals surface area contributed by atoms with Gasteiger partial charge >= 0.3 is 0 Å². The molecule has 92 valence electrons. The third-order valence-corrected chi connectivity index (χ3v) is 2.97.